The zero-order valence-electron chi connectivity index (χ0n) is 13.2. The molecule has 1 aromatic carbocycles. The Morgan fingerprint density at radius 3 is 2.36 bits per heavy atom. The van der Waals surface area contributed by atoms with E-state index in [9.17, 15) is 5.11 Å². The molecule has 3 rings (SSSR count). The first-order valence-corrected chi connectivity index (χ1v) is 7.74. The maximum atomic E-state index is 10.9. The number of rotatable bonds is 2. The topological polar surface area (TPSA) is 52.2 Å². The molecule has 1 fully saturated rings. The Morgan fingerprint density at radius 2 is 1.73 bits per heavy atom. The van der Waals surface area contributed by atoms with E-state index in [-0.39, 0.29) is 0 Å². The molecular weight excluding hydrogens is 274 g/mol. The van der Waals surface area contributed by atoms with Crippen LogP contribution in [0.5, 0.6) is 0 Å². The summed E-state index contributed by atoms with van der Waals surface area (Å²) in [7, 11) is 1.89. The van der Waals surface area contributed by atoms with Crippen LogP contribution in [0.25, 0.3) is 0 Å². The van der Waals surface area contributed by atoms with Crippen molar-refractivity contribution in [3.8, 4) is 0 Å². The molecule has 0 radical (unpaired) electrons. The van der Waals surface area contributed by atoms with Crippen LogP contribution >= 0.6 is 0 Å². The van der Waals surface area contributed by atoms with Crippen LogP contribution in [-0.2, 0) is 12.6 Å². The van der Waals surface area contributed by atoms with Gasteiger partial charge in [-0.1, -0.05) is 29.8 Å². The lowest BCUT2D eigenvalue weighted by atomic mass is 9.84. The fourth-order valence-corrected chi connectivity index (χ4v) is 3.12. The van der Waals surface area contributed by atoms with Crippen molar-refractivity contribution >= 4 is 5.69 Å². The van der Waals surface area contributed by atoms with Gasteiger partial charge in [-0.05, 0) is 37.5 Å². The molecule has 4 heteroatoms. The van der Waals surface area contributed by atoms with Crippen molar-refractivity contribution in [1.82, 2.24) is 4.57 Å². The average molecular weight is 297 g/mol. The van der Waals surface area contributed by atoms with E-state index in [1.165, 1.54) is 5.56 Å². The molecule has 1 aliphatic rings. The summed E-state index contributed by atoms with van der Waals surface area (Å²) in [6.07, 6.45) is 3.26. The second-order valence-electron chi connectivity index (χ2n) is 6.24. The number of anilines is 1. The first-order chi connectivity index (χ1) is 10.5. The first kappa shape index (κ1) is 14.9. The van der Waals surface area contributed by atoms with Crippen molar-refractivity contribution in [3.05, 3.63) is 59.2 Å². The quantitative estimate of drug-likeness (QED) is 0.893. The van der Waals surface area contributed by atoms with Crippen molar-refractivity contribution < 1.29 is 5.11 Å². The van der Waals surface area contributed by atoms with Crippen molar-refractivity contribution in [2.24, 2.45) is 7.05 Å². The molecule has 1 saturated heterocycles. The van der Waals surface area contributed by atoms with Gasteiger partial charge >= 0.3 is 0 Å². The van der Waals surface area contributed by atoms with E-state index in [0.717, 1.165) is 24.3 Å². The minimum atomic E-state index is -0.747. The van der Waals surface area contributed by atoms with Crippen molar-refractivity contribution in [2.45, 2.75) is 25.4 Å². The fourth-order valence-electron chi connectivity index (χ4n) is 3.12. The van der Waals surface area contributed by atoms with Gasteiger partial charge in [0.05, 0.1) is 11.3 Å². The van der Waals surface area contributed by atoms with Crippen LogP contribution in [0, 0.1) is 12.3 Å². The lowest BCUT2D eigenvalue weighted by Gasteiger charge is -2.39. The number of aryl methyl sites for hydroxylation is 2. The molecule has 0 bridgehead atoms. The molecule has 2 heterocycles. The molecule has 2 N–H and O–H groups in total. The van der Waals surface area contributed by atoms with Crippen LogP contribution in [0.4, 0.5) is 5.69 Å². The number of nitrogens with one attached hydrogen (secondary N) is 1. The summed E-state index contributed by atoms with van der Waals surface area (Å²) in [6, 6.07) is 12.1. The molecule has 0 unspecified atom stereocenters. The molecule has 1 aliphatic heterocycles. The number of hydrogen-bond acceptors (Lipinski definition) is 3. The van der Waals surface area contributed by atoms with E-state index in [4.69, 9.17) is 5.41 Å². The standard InChI is InChI=1S/C18H23N3O/c1-14-5-7-15(8-6-14)18(22)9-12-21(13-10-18)16-4-3-11-20(2)17(16)19/h3-8,11,19,22H,9-10,12-13H2,1-2H3. The number of aromatic nitrogens is 1. The van der Waals surface area contributed by atoms with E-state index in [0.29, 0.717) is 18.3 Å². The van der Waals surface area contributed by atoms with Gasteiger partial charge in [-0.3, -0.25) is 5.41 Å². The number of piperidine rings is 1. The van der Waals surface area contributed by atoms with Gasteiger partial charge in [0.25, 0.3) is 0 Å². The molecule has 116 valence electrons. The van der Waals surface area contributed by atoms with Crippen LogP contribution in [0.2, 0.25) is 0 Å². The average Bonchev–Trinajstić information content (AvgIpc) is 2.52. The summed E-state index contributed by atoms with van der Waals surface area (Å²) >= 11 is 0. The highest BCUT2D eigenvalue weighted by molar-refractivity contribution is 5.44. The minimum Gasteiger partial charge on any atom is -0.385 e. The zero-order chi connectivity index (χ0) is 15.7. The van der Waals surface area contributed by atoms with E-state index in [2.05, 4.69) is 24.0 Å². The molecule has 0 atom stereocenters. The molecule has 22 heavy (non-hydrogen) atoms. The fraction of sp³-hybridized carbons (Fsp3) is 0.389. The zero-order valence-corrected chi connectivity index (χ0v) is 13.2. The SMILES string of the molecule is Cc1ccc(C2(O)CCN(c3cccn(C)c3=N)CC2)cc1. The van der Waals surface area contributed by atoms with Gasteiger partial charge in [0.1, 0.15) is 5.49 Å². The van der Waals surface area contributed by atoms with Crippen LogP contribution < -0.4 is 10.4 Å². The number of aliphatic hydroxyl groups is 1. The Kier molecular flexibility index (Phi) is 3.79. The Bertz CT molecular complexity index is 710. The highest BCUT2D eigenvalue weighted by Crippen LogP contribution is 2.33. The van der Waals surface area contributed by atoms with E-state index >= 15 is 0 Å². The third-order valence-electron chi connectivity index (χ3n) is 4.68. The van der Waals surface area contributed by atoms with Crippen molar-refractivity contribution in [1.29, 1.82) is 5.41 Å². The maximum absolute atomic E-state index is 10.9. The molecule has 0 aliphatic carbocycles. The molecule has 0 amide bonds. The highest BCUT2D eigenvalue weighted by Gasteiger charge is 2.34. The van der Waals surface area contributed by atoms with Crippen molar-refractivity contribution in [2.75, 3.05) is 18.0 Å². The molecular formula is C18H23N3O. The summed E-state index contributed by atoms with van der Waals surface area (Å²) in [5.74, 6) is 0. The largest absolute Gasteiger partial charge is 0.385 e. The van der Waals surface area contributed by atoms with Gasteiger partial charge in [0, 0.05) is 26.3 Å². The number of pyridine rings is 1. The lowest BCUT2D eigenvalue weighted by molar-refractivity contribution is 0.0117. The van der Waals surface area contributed by atoms with Crippen LogP contribution in [0.15, 0.2) is 42.6 Å². The van der Waals surface area contributed by atoms with Gasteiger partial charge in [-0.2, -0.15) is 0 Å². The van der Waals surface area contributed by atoms with E-state index in [1.54, 1.807) is 0 Å². The number of nitrogens with zero attached hydrogens (tertiary/aromatic N) is 2. The molecule has 0 saturated carbocycles. The maximum Gasteiger partial charge on any atom is 0.148 e. The van der Waals surface area contributed by atoms with Gasteiger partial charge in [-0.15, -0.1) is 0 Å². The Labute approximate surface area is 131 Å². The predicted octanol–water partition coefficient (Wildman–Crippen LogP) is 2.30. The number of hydrogen-bond donors (Lipinski definition) is 2. The molecule has 0 spiro atoms. The normalized spacial score (nSPS) is 17.5. The molecule has 2 aromatic rings. The first-order valence-electron chi connectivity index (χ1n) is 7.74. The lowest BCUT2D eigenvalue weighted by Crippen LogP contribution is -2.44. The third kappa shape index (κ3) is 2.66. The molecule has 4 nitrogen and oxygen atoms in total. The second kappa shape index (κ2) is 5.61. The Hall–Kier alpha value is -2.07. The van der Waals surface area contributed by atoms with Crippen LogP contribution in [0.1, 0.15) is 24.0 Å². The second-order valence-corrected chi connectivity index (χ2v) is 6.24. The number of benzene rings is 1. The summed E-state index contributed by atoms with van der Waals surface area (Å²) in [5, 5.41) is 19.1. The van der Waals surface area contributed by atoms with Gasteiger partial charge in [0.15, 0.2) is 0 Å². The summed E-state index contributed by atoms with van der Waals surface area (Å²) in [5.41, 5.74) is 2.92. The minimum absolute atomic E-state index is 0.517. The summed E-state index contributed by atoms with van der Waals surface area (Å²) in [6.45, 7) is 3.59. The monoisotopic (exact) mass is 297 g/mol. The Morgan fingerprint density at radius 1 is 1.09 bits per heavy atom. The predicted molar refractivity (Wildman–Crippen MR) is 87.8 cm³/mol. The summed E-state index contributed by atoms with van der Waals surface area (Å²) in [4.78, 5) is 2.20. The molecule has 1 aromatic heterocycles. The third-order valence-corrected chi connectivity index (χ3v) is 4.68. The van der Waals surface area contributed by atoms with Gasteiger partial charge in [0.2, 0.25) is 0 Å². The van der Waals surface area contributed by atoms with Gasteiger partial charge < -0.3 is 14.6 Å². The van der Waals surface area contributed by atoms with Crippen LogP contribution in [0.3, 0.4) is 0 Å². The van der Waals surface area contributed by atoms with Crippen molar-refractivity contribution in [3.63, 3.8) is 0 Å². The van der Waals surface area contributed by atoms with Gasteiger partial charge in [-0.25, -0.2) is 0 Å². The van der Waals surface area contributed by atoms with Crippen LogP contribution in [-0.4, -0.2) is 22.8 Å². The smallest absolute Gasteiger partial charge is 0.148 e. The highest BCUT2D eigenvalue weighted by atomic mass is 16.3. The van der Waals surface area contributed by atoms with E-state index < -0.39 is 5.60 Å². The Balaban J connectivity index is 1.78. The summed E-state index contributed by atoms with van der Waals surface area (Å²) < 4.78 is 1.82. The van der Waals surface area contributed by atoms with E-state index in [1.807, 2.05) is 42.1 Å².